The van der Waals surface area contributed by atoms with Crippen LogP contribution in [0.15, 0.2) is 24.3 Å². The number of benzene rings is 1. The molecule has 0 radical (unpaired) electrons. The summed E-state index contributed by atoms with van der Waals surface area (Å²) in [5.74, 6) is 0.101. The van der Waals surface area contributed by atoms with Crippen molar-refractivity contribution >= 4 is 11.8 Å². The van der Waals surface area contributed by atoms with Gasteiger partial charge < -0.3 is 15.5 Å². The van der Waals surface area contributed by atoms with Gasteiger partial charge in [-0.2, -0.15) is 18.4 Å². The number of halogens is 3. The maximum absolute atomic E-state index is 13.1. The van der Waals surface area contributed by atoms with Crippen LogP contribution in [0.1, 0.15) is 43.4 Å². The molecule has 3 aliphatic heterocycles. The van der Waals surface area contributed by atoms with Crippen molar-refractivity contribution in [1.29, 1.82) is 5.26 Å². The Bertz CT molecular complexity index is 1010. The number of piperazine rings is 1. The Morgan fingerprint density at radius 3 is 2.55 bits per heavy atom. The zero-order chi connectivity index (χ0) is 23.7. The average molecular weight is 461 g/mol. The highest BCUT2D eigenvalue weighted by molar-refractivity contribution is 5.87. The van der Waals surface area contributed by atoms with Gasteiger partial charge in [-0.1, -0.05) is 12.1 Å². The number of nitrogens with two attached hydrogens (primary N) is 1. The van der Waals surface area contributed by atoms with Gasteiger partial charge in [-0.15, -0.1) is 0 Å². The second-order valence-corrected chi connectivity index (χ2v) is 9.70. The van der Waals surface area contributed by atoms with Crippen molar-refractivity contribution in [1.82, 2.24) is 14.7 Å². The van der Waals surface area contributed by atoms with E-state index in [0.29, 0.717) is 30.9 Å². The first-order chi connectivity index (χ1) is 15.6. The number of hydrogen-bond donors (Lipinski definition) is 1. The Balaban J connectivity index is 1.22. The summed E-state index contributed by atoms with van der Waals surface area (Å²) in [6.45, 7) is 2.64. The van der Waals surface area contributed by atoms with Crippen LogP contribution >= 0.6 is 0 Å². The van der Waals surface area contributed by atoms with E-state index in [4.69, 9.17) is 5.73 Å². The molecule has 7 atom stereocenters. The number of carbonyl (C=O) groups excluding carboxylic acids is 2. The zero-order valence-electron chi connectivity index (χ0n) is 18.2. The molecule has 4 aliphatic rings. The van der Waals surface area contributed by atoms with Crippen molar-refractivity contribution in [3.05, 3.63) is 35.4 Å². The van der Waals surface area contributed by atoms with E-state index in [0.717, 1.165) is 18.6 Å². The van der Waals surface area contributed by atoms with Gasteiger partial charge in [0.15, 0.2) is 0 Å². The lowest BCUT2D eigenvalue weighted by molar-refractivity contribution is -0.141. The number of amides is 2. The smallest absolute Gasteiger partial charge is 0.330 e. The Hall–Kier alpha value is -2.64. The number of rotatable bonds is 5. The number of hydrogen-bond acceptors (Lipinski definition) is 5. The topological polar surface area (TPSA) is 93.7 Å². The Morgan fingerprint density at radius 2 is 1.94 bits per heavy atom. The molecule has 4 fully saturated rings. The van der Waals surface area contributed by atoms with Crippen LogP contribution < -0.4 is 5.73 Å². The van der Waals surface area contributed by atoms with Crippen LogP contribution in [0.4, 0.5) is 13.2 Å². The first kappa shape index (κ1) is 22.2. The van der Waals surface area contributed by atoms with Crippen LogP contribution in [0.2, 0.25) is 0 Å². The fourth-order valence-electron chi connectivity index (χ4n) is 5.92. The largest absolute Gasteiger partial charge is 0.416 e. The molecule has 5 rings (SSSR count). The van der Waals surface area contributed by atoms with E-state index in [1.54, 1.807) is 9.80 Å². The molecule has 2 bridgehead atoms. The quantitative estimate of drug-likeness (QED) is 0.723. The van der Waals surface area contributed by atoms with Crippen LogP contribution in [-0.4, -0.2) is 69.8 Å². The molecular weight excluding hydrogens is 435 g/mol. The number of piperidine rings is 1. The summed E-state index contributed by atoms with van der Waals surface area (Å²) in [5, 5.41) is 9.34. The van der Waals surface area contributed by atoms with E-state index < -0.39 is 23.8 Å². The highest BCUT2D eigenvalue weighted by Gasteiger charge is 2.56. The highest BCUT2D eigenvalue weighted by Crippen LogP contribution is 2.48. The van der Waals surface area contributed by atoms with Gasteiger partial charge in [-0.25, -0.2) is 0 Å². The fraction of sp³-hybridized carbons (Fsp3) is 0.609. The van der Waals surface area contributed by atoms with Gasteiger partial charge >= 0.3 is 6.18 Å². The number of likely N-dealkylation sites (tertiary alicyclic amines) is 3. The van der Waals surface area contributed by atoms with Crippen molar-refractivity contribution in [3.8, 4) is 6.07 Å². The van der Waals surface area contributed by atoms with Gasteiger partial charge in [0.25, 0.3) is 0 Å². The first-order valence-electron chi connectivity index (χ1n) is 11.3. The Morgan fingerprint density at radius 1 is 1.24 bits per heavy atom. The number of fused-ring (bicyclic) bond motifs is 3. The highest BCUT2D eigenvalue weighted by atomic mass is 19.4. The van der Waals surface area contributed by atoms with E-state index in [2.05, 4.69) is 6.07 Å². The summed E-state index contributed by atoms with van der Waals surface area (Å²) >= 11 is 0. The molecule has 176 valence electrons. The van der Waals surface area contributed by atoms with Gasteiger partial charge in [0.2, 0.25) is 11.8 Å². The van der Waals surface area contributed by atoms with Gasteiger partial charge in [0.1, 0.15) is 6.04 Å². The summed E-state index contributed by atoms with van der Waals surface area (Å²) < 4.78 is 38.6. The monoisotopic (exact) mass is 461 g/mol. The van der Waals surface area contributed by atoms with Gasteiger partial charge in [-0.3, -0.25) is 14.5 Å². The number of nitrogens with zero attached hydrogens (tertiary/aromatic N) is 4. The third kappa shape index (κ3) is 3.67. The average Bonchev–Trinajstić information content (AvgIpc) is 3.11. The first-order valence-corrected chi connectivity index (χ1v) is 11.3. The second kappa shape index (κ2) is 7.71. The van der Waals surface area contributed by atoms with Crippen molar-refractivity contribution in [2.75, 3.05) is 13.1 Å². The predicted molar refractivity (Wildman–Crippen MR) is 111 cm³/mol. The van der Waals surface area contributed by atoms with Crippen molar-refractivity contribution in [2.45, 2.75) is 68.6 Å². The predicted octanol–water partition coefficient (Wildman–Crippen LogP) is 1.89. The van der Waals surface area contributed by atoms with Crippen molar-refractivity contribution < 1.29 is 22.8 Å². The number of alkyl halides is 3. The van der Waals surface area contributed by atoms with Crippen LogP contribution in [0.3, 0.4) is 0 Å². The molecule has 0 spiro atoms. The van der Waals surface area contributed by atoms with Gasteiger partial charge in [0, 0.05) is 25.2 Å². The minimum absolute atomic E-state index is 0.0754. The molecule has 2 amide bonds. The lowest BCUT2D eigenvalue weighted by atomic mass is 10.0. The molecule has 10 heteroatoms. The van der Waals surface area contributed by atoms with E-state index in [1.165, 1.54) is 12.1 Å². The molecule has 2 N–H and O–H groups in total. The lowest BCUT2D eigenvalue weighted by Crippen LogP contribution is -2.57. The molecule has 1 aromatic carbocycles. The summed E-state index contributed by atoms with van der Waals surface area (Å²) in [6, 6.07) is 5.23. The fourth-order valence-corrected chi connectivity index (χ4v) is 5.92. The van der Waals surface area contributed by atoms with E-state index >= 15 is 0 Å². The third-order valence-electron chi connectivity index (χ3n) is 7.71. The van der Waals surface area contributed by atoms with Crippen LogP contribution in [0.5, 0.6) is 0 Å². The molecule has 0 unspecified atom stereocenters. The molecule has 3 saturated heterocycles. The standard InChI is InChI=1S/C23H26F3N5O2/c1-12(13-2-4-15(5-3-13)23(24,25)26)30-17-8-20(22(30)33)29(10-17)11-18(28)21(32)31-16(9-27)6-14-7-19(14)31/h2-5,12,14,16-20H,6-8,10-11,28H2,1H3/t12-,14-,16+,17+,18+,19+,20+/m1/s1. The number of carbonyl (C=O) groups is 2. The van der Waals surface area contributed by atoms with E-state index in [9.17, 15) is 28.0 Å². The normalized spacial score (nSPS) is 32.6. The van der Waals surface area contributed by atoms with Crippen LogP contribution in [0, 0.1) is 17.2 Å². The van der Waals surface area contributed by atoms with E-state index in [-0.39, 0.29) is 42.5 Å². The molecule has 33 heavy (non-hydrogen) atoms. The van der Waals surface area contributed by atoms with Gasteiger partial charge in [-0.05, 0) is 49.8 Å². The summed E-state index contributed by atoms with van der Waals surface area (Å²) in [6.07, 6.45) is -2.15. The molecular formula is C23H26F3N5O2. The molecule has 1 aromatic rings. The second-order valence-electron chi connectivity index (χ2n) is 9.70. The van der Waals surface area contributed by atoms with Crippen LogP contribution in [-0.2, 0) is 15.8 Å². The zero-order valence-corrected chi connectivity index (χ0v) is 18.2. The van der Waals surface area contributed by atoms with Crippen LogP contribution in [0.25, 0.3) is 0 Å². The van der Waals surface area contributed by atoms with Crippen molar-refractivity contribution in [3.63, 3.8) is 0 Å². The number of nitriles is 1. The van der Waals surface area contributed by atoms with Crippen molar-refractivity contribution in [2.24, 2.45) is 11.7 Å². The summed E-state index contributed by atoms with van der Waals surface area (Å²) in [5.41, 5.74) is 6.16. The summed E-state index contributed by atoms with van der Waals surface area (Å²) in [4.78, 5) is 31.4. The minimum Gasteiger partial charge on any atom is -0.330 e. The SMILES string of the molecule is C[C@H](c1ccc(C(F)(F)F)cc1)N1C(=O)[C@@H]2C[C@H]1CN2C[C@H](N)C(=O)N1[C@H](C#N)C[C@@H]2C[C@@H]21. The maximum atomic E-state index is 13.1. The molecule has 7 nitrogen and oxygen atoms in total. The Kier molecular flexibility index (Phi) is 5.18. The van der Waals surface area contributed by atoms with Gasteiger partial charge in [0.05, 0.1) is 29.8 Å². The minimum atomic E-state index is -4.40. The molecule has 0 aromatic heterocycles. The third-order valence-corrected chi connectivity index (χ3v) is 7.71. The molecule has 1 saturated carbocycles. The molecule has 3 heterocycles. The summed E-state index contributed by atoms with van der Waals surface area (Å²) in [7, 11) is 0. The molecule has 1 aliphatic carbocycles. The maximum Gasteiger partial charge on any atom is 0.416 e. The Labute approximate surface area is 189 Å². The lowest BCUT2D eigenvalue weighted by Gasteiger charge is -2.38. The van der Waals surface area contributed by atoms with E-state index in [1.807, 2.05) is 11.8 Å².